The number of aromatic nitrogens is 2. The zero-order chi connectivity index (χ0) is 25.8. The Balaban J connectivity index is 0.00000380. The highest BCUT2D eigenvalue weighted by molar-refractivity contribution is 8.01. The van der Waals surface area contributed by atoms with Gasteiger partial charge >= 0.3 is 11.9 Å². The Labute approximate surface area is 231 Å². The van der Waals surface area contributed by atoms with Crippen molar-refractivity contribution >= 4 is 71.0 Å². The number of hydrogen-bond donors (Lipinski definition) is 2. The van der Waals surface area contributed by atoms with Crippen molar-refractivity contribution in [3.05, 3.63) is 52.2 Å². The normalized spacial score (nSPS) is 19.2. The van der Waals surface area contributed by atoms with E-state index in [2.05, 4.69) is 15.5 Å². The molecular weight excluding hydrogens is 562 g/mol. The molecule has 1 saturated heterocycles. The van der Waals surface area contributed by atoms with Crippen molar-refractivity contribution in [1.29, 1.82) is 0 Å². The van der Waals surface area contributed by atoms with Crippen LogP contribution in [0.5, 0.6) is 0 Å². The number of β-lactam (4-membered cyclic amide) rings is 1. The van der Waals surface area contributed by atoms with Gasteiger partial charge in [0, 0.05) is 18.4 Å². The number of esters is 2. The van der Waals surface area contributed by atoms with E-state index in [4.69, 9.17) is 15.2 Å². The molecule has 0 radical (unpaired) electrons. The molecule has 2 aromatic rings. The fraction of sp³-hybridized carbons (Fsp3) is 0.364. The number of nitrogens with zero attached hydrogens (tertiary/aromatic N) is 3. The van der Waals surface area contributed by atoms with Gasteiger partial charge < -0.3 is 20.5 Å². The first-order valence-corrected chi connectivity index (χ1v) is 13.6. The predicted molar refractivity (Wildman–Crippen MR) is 141 cm³/mol. The molecule has 0 unspecified atom stereocenters. The maximum absolute atomic E-state index is 13.1. The minimum atomic E-state index is -0.937. The van der Waals surface area contributed by atoms with Crippen molar-refractivity contribution < 1.29 is 28.7 Å². The lowest BCUT2D eigenvalue weighted by molar-refractivity contribution is -0.166. The predicted octanol–water partition coefficient (Wildman–Crippen LogP) is 1.78. The number of carbonyl (C=O) groups excluding carboxylic acids is 4. The fourth-order valence-corrected chi connectivity index (χ4v) is 6.86. The summed E-state index contributed by atoms with van der Waals surface area (Å²) in [6.45, 7) is 2.47. The van der Waals surface area contributed by atoms with Crippen LogP contribution in [0.15, 0.2) is 45.9 Å². The zero-order valence-corrected chi connectivity index (χ0v) is 23.0. The summed E-state index contributed by atoms with van der Waals surface area (Å²) in [5.74, 6) is -1.52. The van der Waals surface area contributed by atoms with Crippen LogP contribution >= 0.6 is 47.3 Å². The van der Waals surface area contributed by atoms with E-state index >= 15 is 0 Å². The second kappa shape index (κ2) is 12.7. The summed E-state index contributed by atoms with van der Waals surface area (Å²) < 4.78 is 10.6. The smallest absolute Gasteiger partial charge is 0.357 e. The lowest BCUT2D eigenvalue weighted by Gasteiger charge is -2.49. The van der Waals surface area contributed by atoms with Crippen molar-refractivity contribution in [3.63, 3.8) is 0 Å². The van der Waals surface area contributed by atoms with Crippen LogP contribution in [0.4, 0.5) is 0 Å². The maximum Gasteiger partial charge on any atom is 0.357 e. The molecule has 0 saturated carbocycles. The number of nitrogens with two attached hydrogens (primary N) is 1. The molecule has 2 aliphatic heterocycles. The van der Waals surface area contributed by atoms with Crippen molar-refractivity contribution in [3.8, 4) is 0 Å². The van der Waals surface area contributed by atoms with E-state index in [9.17, 15) is 19.2 Å². The quantitative estimate of drug-likeness (QED) is 0.191. The number of benzene rings is 1. The highest BCUT2D eigenvalue weighted by atomic mass is 35.5. The SMILES string of the molecule is CC(=O)OCOC(=O)C1=C(CSc2nnc(C)s2)CS[C@@H]2[C@H](NC(=O)[C@H](N)c3ccccc3)C(=O)N12.Cl. The fourth-order valence-electron chi connectivity index (χ4n) is 3.56. The third-order valence-electron chi connectivity index (χ3n) is 5.31. The third kappa shape index (κ3) is 6.62. The van der Waals surface area contributed by atoms with E-state index in [1.165, 1.54) is 46.7 Å². The number of aryl methyl sites for hydroxylation is 1. The van der Waals surface area contributed by atoms with Crippen LogP contribution in [-0.4, -0.2) is 68.6 Å². The van der Waals surface area contributed by atoms with Crippen molar-refractivity contribution in [1.82, 2.24) is 20.4 Å². The number of amides is 2. The second-order valence-electron chi connectivity index (χ2n) is 7.80. The molecule has 1 aromatic carbocycles. The van der Waals surface area contributed by atoms with Gasteiger partial charge in [-0.15, -0.1) is 34.4 Å². The first kappa shape index (κ1) is 28.9. The Morgan fingerprint density at radius 2 is 1.97 bits per heavy atom. The van der Waals surface area contributed by atoms with E-state index in [1.54, 1.807) is 24.3 Å². The van der Waals surface area contributed by atoms with Crippen LogP contribution in [0, 0.1) is 6.92 Å². The van der Waals surface area contributed by atoms with Gasteiger partial charge in [0.15, 0.2) is 4.34 Å². The van der Waals surface area contributed by atoms with Crippen LogP contribution in [0.25, 0.3) is 0 Å². The molecule has 4 rings (SSSR count). The molecule has 11 nitrogen and oxygen atoms in total. The summed E-state index contributed by atoms with van der Waals surface area (Å²) in [5.41, 5.74) is 7.45. The average molecular weight is 586 g/mol. The summed E-state index contributed by atoms with van der Waals surface area (Å²) in [6.07, 6.45) is 0. The monoisotopic (exact) mass is 585 g/mol. The number of halogens is 1. The third-order valence-corrected chi connectivity index (χ3v) is 8.71. The Morgan fingerprint density at radius 3 is 2.62 bits per heavy atom. The Bertz CT molecular complexity index is 1210. The summed E-state index contributed by atoms with van der Waals surface area (Å²) in [4.78, 5) is 51.2. The molecule has 0 bridgehead atoms. The number of carbonyl (C=O) groups is 4. The number of ether oxygens (including phenoxy) is 2. The van der Waals surface area contributed by atoms with Gasteiger partial charge in [-0.2, -0.15) is 0 Å². The molecule has 0 spiro atoms. The minimum absolute atomic E-state index is 0. The first-order chi connectivity index (χ1) is 17.3. The van der Waals surface area contributed by atoms with Crippen molar-refractivity contribution in [2.24, 2.45) is 5.73 Å². The molecule has 198 valence electrons. The number of nitrogens with one attached hydrogen (secondary N) is 1. The highest BCUT2D eigenvalue weighted by Crippen LogP contribution is 2.42. The van der Waals surface area contributed by atoms with Crippen molar-refractivity contribution in [2.45, 2.75) is 35.6 Å². The van der Waals surface area contributed by atoms with Gasteiger partial charge in [0.05, 0.1) is 0 Å². The number of thioether (sulfide) groups is 2. The van der Waals surface area contributed by atoms with Gasteiger partial charge in [0.1, 0.15) is 28.2 Å². The summed E-state index contributed by atoms with van der Waals surface area (Å²) in [5, 5.41) is 11.1. The molecule has 2 amide bonds. The first-order valence-electron chi connectivity index (χ1n) is 10.8. The van der Waals surface area contributed by atoms with Crippen molar-refractivity contribution in [2.75, 3.05) is 18.3 Å². The Hall–Kier alpha value is -2.65. The topological polar surface area (TPSA) is 154 Å². The molecule has 1 aromatic heterocycles. The lowest BCUT2D eigenvalue weighted by atomic mass is 10.0. The van der Waals surface area contributed by atoms with Crippen LogP contribution in [0.2, 0.25) is 0 Å². The molecule has 2 aliphatic rings. The Morgan fingerprint density at radius 1 is 1.24 bits per heavy atom. The lowest BCUT2D eigenvalue weighted by Crippen LogP contribution is -2.71. The highest BCUT2D eigenvalue weighted by Gasteiger charge is 2.54. The van der Waals surface area contributed by atoms with Crippen LogP contribution < -0.4 is 11.1 Å². The van der Waals surface area contributed by atoms with Gasteiger partial charge in [-0.1, -0.05) is 53.4 Å². The van der Waals surface area contributed by atoms with Crippen LogP contribution in [-0.2, 0) is 28.7 Å². The Kier molecular flexibility index (Phi) is 9.95. The zero-order valence-electron chi connectivity index (χ0n) is 19.7. The largest absolute Gasteiger partial charge is 0.428 e. The number of rotatable bonds is 9. The molecular formula is C22H24ClN5O6S3. The van der Waals surface area contributed by atoms with E-state index in [-0.39, 0.29) is 18.1 Å². The second-order valence-corrected chi connectivity index (χ2v) is 11.3. The molecule has 0 aliphatic carbocycles. The van der Waals surface area contributed by atoms with E-state index < -0.39 is 48.0 Å². The summed E-state index contributed by atoms with van der Waals surface area (Å²) in [6, 6.07) is 7.06. The number of fused-ring (bicyclic) bond motifs is 1. The molecule has 3 N–H and O–H groups in total. The van der Waals surface area contributed by atoms with E-state index in [1.807, 2.05) is 13.0 Å². The molecule has 37 heavy (non-hydrogen) atoms. The van der Waals surface area contributed by atoms with Gasteiger partial charge in [-0.3, -0.25) is 19.3 Å². The minimum Gasteiger partial charge on any atom is -0.428 e. The van der Waals surface area contributed by atoms with Crippen LogP contribution in [0.3, 0.4) is 0 Å². The summed E-state index contributed by atoms with van der Waals surface area (Å²) in [7, 11) is 0. The van der Waals surface area contributed by atoms with Gasteiger partial charge in [0.25, 0.3) is 5.91 Å². The molecule has 3 atom stereocenters. The number of hydrogen-bond acceptors (Lipinski definition) is 12. The molecule has 3 heterocycles. The standard InChI is InChI=1S/C22H23N5O6S3.ClH/c1-11-25-26-22(36-11)35-9-14-8-34-20-16(24-18(29)15(23)13-6-4-3-5-7-13)19(30)27(20)17(14)21(31)33-10-32-12(2)28;/h3-7,15-16,20H,8-10,23H2,1-2H3,(H,24,29);1H/t15-,16-,20-;/m1./s1. The van der Waals surface area contributed by atoms with Gasteiger partial charge in [0.2, 0.25) is 12.7 Å². The van der Waals surface area contributed by atoms with Gasteiger partial charge in [-0.25, -0.2) is 4.79 Å². The maximum atomic E-state index is 13.1. The average Bonchev–Trinajstić information content (AvgIpc) is 3.29. The van der Waals surface area contributed by atoms with E-state index in [0.717, 1.165) is 9.35 Å². The molecule has 15 heteroatoms. The molecule has 1 fully saturated rings. The van der Waals surface area contributed by atoms with E-state index in [0.29, 0.717) is 22.6 Å². The van der Waals surface area contributed by atoms with Crippen LogP contribution in [0.1, 0.15) is 23.5 Å². The summed E-state index contributed by atoms with van der Waals surface area (Å²) >= 11 is 4.25. The van der Waals surface area contributed by atoms with Gasteiger partial charge in [-0.05, 0) is 18.1 Å².